The molecular weight excluding hydrogens is 757 g/mol. The molecule has 0 saturated carbocycles. The number of nitrogens with one attached hydrogen (secondary N) is 3. The molecule has 2 heterocycles. The number of aliphatic hydroxyl groups excluding tert-OH is 1. The molecular formula is C44H74N6O9. The predicted molar refractivity (Wildman–Crippen MR) is 226 cm³/mol. The van der Waals surface area contributed by atoms with Crippen molar-refractivity contribution in [1.29, 1.82) is 0 Å². The maximum Gasteiger partial charge on any atom is 0.410 e. The van der Waals surface area contributed by atoms with Crippen molar-refractivity contribution in [2.75, 3.05) is 47.9 Å². The third kappa shape index (κ3) is 12.9. The van der Waals surface area contributed by atoms with Gasteiger partial charge in [-0.1, -0.05) is 85.2 Å². The van der Waals surface area contributed by atoms with Crippen molar-refractivity contribution in [2.24, 2.45) is 23.7 Å². The van der Waals surface area contributed by atoms with Crippen molar-refractivity contribution >= 4 is 29.7 Å². The molecule has 0 radical (unpaired) electrons. The van der Waals surface area contributed by atoms with Gasteiger partial charge in [0, 0.05) is 40.9 Å². The standard InChI is InChI=1S/C44H74N6O9/c1-13-28(6)38(48(10)43(55)37(27(4)5)47-42(54)36(45-9)26(2)3)34(57-11)24-35(52)50-22-17-20-33(50)39(58-12)29(7)41(53)46-30(8)40(31-18-15-14-16-19-31)59-44(56)49-23-21-32(51)25-49/h14-16,18-19,26-30,32-34,36-40,45,51H,13,17,20-25H2,1-12H3,(H,46,53)(H,47,54)/t28-,29+,30+,32-,33-,34?,36-,37-,38-,39+,40+/m0/s1. The number of hydrogen-bond acceptors (Lipinski definition) is 10. The number of carbonyl (C=O) groups is 5. The summed E-state index contributed by atoms with van der Waals surface area (Å²) in [6.07, 6.45) is -0.691. The lowest BCUT2D eigenvalue weighted by atomic mass is 9.89. The average Bonchev–Trinajstić information content (AvgIpc) is 3.88. The van der Waals surface area contributed by atoms with Gasteiger partial charge < -0.3 is 50.0 Å². The molecule has 0 aromatic heterocycles. The van der Waals surface area contributed by atoms with Crippen LogP contribution in [0.25, 0.3) is 0 Å². The van der Waals surface area contributed by atoms with Crippen molar-refractivity contribution < 1.29 is 43.3 Å². The number of β-amino-alcohol motifs (C(OH)–C–C–N with tert-alkyl or cyclic N) is 1. The van der Waals surface area contributed by atoms with E-state index < -0.39 is 66.6 Å². The zero-order valence-electron chi connectivity index (χ0n) is 37.6. The Morgan fingerprint density at radius 3 is 2.05 bits per heavy atom. The summed E-state index contributed by atoms with van der Waals surface area (Å²) in [6, 6.07) is 6.48. The molecule has 4 N–H and O–H groups in total. The molecule has 2 aliphatic heterocycles. The van der Waals surface area contributed by atoms with Crippen LogP contribution < -0.4 is 16.0 Å². The molecule has 15 nitrogen and oxygen atoms in total. The Morgan fingerprint density at radius 2 is 1.53 bits per heavy atom. The van der Waals surface area contributed by atoms with Gasteiger partial charge >= 0.3 is 6.09 Å². The average molecular weight is 831 g/mol. The SMILES string of the molecule is CC[C@H](C)[C@@H](C(CC(=O)N1CCC[C@H]1[C@H](OC)[C@@H](C)C(=O)N[C@H](C)[C@@H](OC(=O)N1CC[C@H](O)C1)c1ccccc1)OC)N(C)C(=O)[C@@H](NC(=O)[C@@H](NC)C(C)C)C(C)C. The number of hydrogen-bond donors (Lipinski definition) is 4. The van der Waals surface area contributed by atoms with E-state index in [9.17, 15) is 29.1 Å². The number of amides is 5. The molecule has 2 saturated heterocycles. The summed E-state index contributed by atoms with van der Waals surface area (Å²) in [5.41, 5.74) is 0.714. The lowest BCUT2D eigenvalue weighted by Crippen LogP contribution is -2.59. The molecule has 1 unspecified atom stereocenters. The van der Waals surface area contributed by atoms with Crippen LogP contribution in [0.5, 0.6) is 0 Å². The summed E-state index contributed by atoms with van der Waals surface area (Å²) in [5, 5.41) is 19.1. The number of carbonyl (C=O) groups excluding carboxylic acids is 5. The Morgan fingerprint density at radius 1 is 0.881 bits per heavy atom. The van der Waals surface area contributed by atoms with Crippen LogP contribution in [0.4, 0.5) is 4.79 Å². The van der Waals surface area contributed by atoms with E-state index in [0.717, 1.165) is 12.8 Å². The lowest BCUT2D eigenvalue weighted by molar-refractivity contribution is -0.148. The molecule has 59 heavy (non-hydrogen) atoms. The Labute approximate surface area is 352 Å². The van der Waals surface area contributed by atoms with Crippen molar-refractivity contribution in [3.05, 3.63) is 35.9 Å². The van der Waals surface area contributed by atoms with Crippen LogP contribution in [0.2, 0.25) is 0 Å². The number of likely N-dealkylation sites (N-methyl/N-ethyl adjacent to an activating group) is 2. The van der Waals surface area contributed by atoms with E-state index in [1.807, 2.05) is 71.9 Å². The van der Waals surface area contributed by atoms with Crippen LogP contribution in [0, 0.1) is 23.7 Å². The predicted octanol–water partition coefficient (Wildman–Crippen LogP) is 3.74. The summed E-state index contributed by atoms with van der Waals surface area (Å²) in [7, 11) is 6.54. The van der Waals surface area contributed by atoms with Gasteiger partial charge in [-0.05, 0) is 56.6 Å². The van der Waals surface area contributed by atoms with Gasteiger partial charge in [-0.15, -0.1) is 0 Å². The number of benzene rings is 1. The van der Waals surface area contributed by atoms with Crippen LogP contribution in [0.3, 0.4) is 0 Å². The van der Waals surface area contributed by atoms with Crippen molar-refractivity contribution in [1.82, 2.24) is 30.7 Å². The van der Waals surface area contributed by atoms with Gasteiger partial charge in [0.15, 0.2) is 0 Å². The molecule has 15 heteroatoms. The third-order valence-corrected chi connectivity index (χ3v) is 12.4. The normalized spacial score (nSPS) is 21.5. The minimum Gasteiger partial charge on any atom is -0.439 e. The van der Waals surface area contributed by atoms with Crippen LogP contribution in [0.15, 0.2) is 30.3 Å². The van der Waals surface area contributed by atoms with E-state index in [2.05, 4.69) is 16.0 Å². The minimum atomic E-state index is -0.796. The second kappa shape index (κ2) is 23.3. The first-order chi connectivity index (χ1) is 27.9. The number of ether oxygens (including phenoxy) is 3. The van der Waals surface area contributed by atoms with Crippen molar-refractivity contribution in [3.8, 4) is 0 Å². The van der Waals surface area contributed by atoms with E-state index >= 15 is 0 Å². The summed E-state index contributed by atoms with van der Waals surface area (Å²) in [4.78, 5) is 73.8. The van der Waals surface area contributed by atoms with Crippen molar-refractivity contribution in [2.45, 2.75) is 142 Å². The van der Waals surface area contributed by atoms with Gasteiger partial charge in [0.2, 0.25) is 23.6 Å². The Hall–Kier alpha value is -3.79. The second-order valence-electron chi connectivity index (χ2n) is 17.2. The van der Waals surface area contributed by atoms with E-state index in [1.54, 1.807) is 52.0 Å². The molecule has 334 valence electrons. The third-order valence-electron chi connectivity index (χ3n) is 12.4. The number of aliphatic hydroxyl groups is 1. The molecule has 2 fully saturated rings. The largest absolute Gasteiger partial charge is 0.439 e. The fourth-order valence-electron chi connectivity index (χ4n) is 8.67. The topological polar surface area (TPSA) is 179 Å². The molecule has 1 aromatic rings. The molecule has 1 aromatic carbocycles. The molecule has 11 atom stereocenters. The molecule has 0 aliphatic carbocycles. The molecule has 0 spiro atoms. The van der Waals surface area contributed by atoms with Gasteiger partial charge in [0.25, 0.3) is 0 Å². The number of likely N-dealkylation sites (tertiary alicyclic amines) is 2. The summed E-state index contributed by atoms with van der Waals surface area (Å²) >= 11 is 0. The molecule has 5 amide bonds. The Balaban J connectivity index is 1.77. The van der Waals surface area contributed by atoms with Gasteiger partial charge in [0.05, 0.1) is 54.8 Å². The monoisotopic (exact) mass is 831 g/mol. The highest BCUT2D eigenvalue weighted by atomic mass is 16.6. The maximum atomic E-state index is 14.3. The molecule has 0 bridgehead atoms. The molecule has 3 rings (SSSR count). The van der Waals surface area contributed by atoms with E-state index in [-0.39, 0.29) is 54.3 Å². The highest BCUT2D eigenvalue weighted by Gasteiger charge is 2.43. The Bertz CT molecular complexity index is 1510. The summed E-state index contributed by atoms with van der Waals surface area (Å²) in [6.45, 7) is 16.4. The van der Waals surface area contributed by atoms with Crippen LogP contribution >= 0.6 is 0 Å². The molecule has 2 aliphatic rings. The highest BCUT2D eigenvalue weighted by molar-refractivity contribution is 5.90. The quantitative estimate of drug-likeness (QED) is 0.143. The van der Waals surface area contributed by atoms with Crippen molar-refractivity contribution in [3.63, 3.8) is 0 Å². The number of nitrogens with zero attached hydrogens (tertiary/aromatic N) is 3. The van der Waals surface area contributed by atoms with Crippen LogP contribution in [-0.4, -0.2) is 146 Å². The number of methoxy groups -OCH3 is 2. The smallest absolute Gasteiger partial charge is 0.410 e. The zero-order valence-corrected chi connectivity index (χ0v) is 37.6. The first-order valence-corrected chi connectivity index (χ1v) is 21.5. The van der Waals surface area contributed by atoms with E-state index in [0.29, 0.717) is 31.5 Å². The lowest BCUT2D eigenvalue weighted by Gasteiger charge is -2.41. The van der Waals surface area contributed by atoms with Gasteiger partial charge in [0.1, 0.15) is 12.1 Å². The zero-order chi connectivity index (χ0) is 44.1. The van der Waals surface area contributed by atoms with Crippen LogP contribution in [-0.2, 0) is 33.4 Å². The first kappa shape index (κ1) is 49.6. The fourth-order valence-corrected chi connectivity index (χ4v) is 8.67. The highest BCUT2D eigenvalue weighted by Crippen LogP contribution is 2.31. The summed E-state index contributed by atoms with van der Waals surface area (Å²) in [5.74, 6) is -1.88. The van der Waals surface area contributed by atoms with Gasteiger partial charge in [-0.25, -0.2) is 4.79 Å². The summed E-state index contributed by atoms with van der Waals surface area (Å²) < 4.78 is 18.0. The van der Waals surface area contributed by atoms with Gasteiger partial charge in [-0.2, -0.15) is 0 Å². The second-order valence-corrected chi connectivity index (χ2v) is 17.2. The maximum absolute atomic E-state index is 14.3. The minimum absolute atomic E-state index is 0.000274. The fraction of sp³-hybridized carbons (Fsp3) is 0.750. The van der Waals surface area contributed by atoms with Crippen LogP contribution in [0.1, 0.15) is 99.2 Å². The Kier molecular flexibility index (Phi) is 19.6. The first-order valence-electron chi connectivity index (χ1n) is 21.5. The van der Waals surface area contributed by atoms with E-state index in [1.165, 1.54) is 4.90 Å². The number of rotatable bonds is 21. The van der Waals surface area contributed by atoms with Gasteiger partial charge in [-0.3, -0.25) is 19.2 Å². The van der Waals surface area contributed by atoms with E-state index in [4.69, 9.17) is 14.2 Å².